The smallest absolute Gasteiger partial charge is 0.262 e. The van der Waals surface area contributed by atoms with E-state index in [0.29, 0.717) is 30.0 Å². The SMILES string of the molecule is CC(C(=O)NCCNC(=O)CCC1CCCCC1)N1C(=O)c2ccccc2C1=O. The molecule has 1 aromatic rings. The molecule has 2 N–H and O–H groups in total. The molecule has 1 heterocycles. The maximum atomic E-state index is 12.4. The van der Waals surface area contributed by atoms with Crippen molar-refractivity contribution in [1.82, 2.24) is 15.5 Å². The molecule has 1 aliphatic heterocycles. The third-order valence-corrected chi connectivity index (χ3v) is 5.84. The molecule has 3 rings (SSSR count). The summed E-state index contributed by atoms with van der Waals surface area (Å²) >= 11 is 0. The van der Waals surface area contributed by atoms with Gasteiger partial charge < -0.3 is 10.6 Å². The van der Waals surface area contributed by atoms with Gasteiger partial charge in [0, 0.05) is 19.5 Å². The van der Waals surface area contributed by atoms with E-state index in [-0.39, 0.29) is 12.5 Å². The van der Waals surface area contributed by atoms with Crippen molar-refractivity contribution in [2.45, 2.75) is 57.9 Å². The average molecular weight is 399 g/mol. The second-order valence-corrected chi connectivity index (χ2v) is 7.89. The van der Waals surface area contributed by atoms with Crippen LogP contribution >= 0.6 is 0 Å². The van der Waals surface area contributed by atoms with Gasteiger partial charge in [-0.2, -0.15) is 0 Å². The zero-order valence-electron chi connectivity index (χ0n) is 16.9. The first-order chi connectivity index (χ1) is 14.0. The van der Waals surface area contributed by atoms with E-state index in [0.717, 1.165) is 11.3 Å². The molecule has 0 radical (unpaired) electrons. The van der Waals surface area contributed by atoms with E-state index in [4.69, 9.17) is 0 Å². The van der Waals surface area contributed by atoms with Crippen LogP contribution in [-0.2, 0) is 9.59 Å². The number of imide groups is 1. The van der Waals surface area contributed by atoms with Crippen molar-refractivity contribution in [2.75, 3.05) is 13.1 Å². The molecule has 2 aliphatic rings. The maximum absolute atomic E-state index is 12.4. The van der Waals surface area contributed by atoms with Crippen LogP contribution in [-0.4, -0.2) is 47.7 Å². The molecule has 156 valence electrons. The summed E-state index contributed by atoms with van der Waals surface area (Å²) in [7, 11) is 0. The summed E-state index contributed by atoms with van der Waals surface area (Å²) in [5.41, 5.74) is 0.643. The molecule has 0 saturated heterocycles. The molecule has 29 heavy (non-hydrogen) atoms. The van der Waals surface area contributed by atoms with Gasteiger partial charge in [-0.3, -0.25) is 24.1 Å². The van der Waals surface area contributed by atoms with Crippen LogP contribution in [0.1, 0.15) is 72.6 Å². The Morgan fingerprint density at radius 1 is 1.00 bits per heavy atom. The molecule has 1 fully saturated rings. The van der Waals surface area contributed by atoms with Crippen LogP contribution in [0.5, 0.6) is 0 Å². The largest absolute Gasteiger partial charge is 0.354 e. The number of fused-ring (bicyclic) bond motifs is 1. The van der Waals surface area contributed by atoms with Gasteiger partial charge in [0.05, 0.1) is 11.1 Å². The zero-order valence-corrected chi connectivity index (χ0v) is 16.9. The Kier molecular flexibility index (Phi) is 7.01. The van der Waals surface area contributed by atoms with Gasteiger partial charge in [-0.25, -0.2) is 0 Å². The summed E-state index contributed by atoms with van der Waals surface area (Å²) < 4.78 is 0. The van der Waals surface area contributed by atoms with Crippen molar-refractivity contribution in [3.8, 4) is 0 Å². The van der Waals surface area contributed by atoms with Crippen molar-refractivity contribution in [2.24, 2.45) is 5.92 Å². The van der Waals surface area contributed by atoms with E-state index in [2.05, 4.69) is 10.6 Å². The maximum Gasteiger partial charge on any atom is 0.262 e. The Labute approximate surface area is 171 Å². The van der Waals surface area contributed by atoms with Crippen LogP contribution in [0.25, 0.3) is 0 Å². The van der Waals surface area contributed by atoms with E-state index >= 15 is 0 Å². The van der Waals surface area contributed by atoms with Gasteiger partial charge in [0.2, 0.25) is 11.8 Å². The second kappa shape index (κ2) is 9.67. The molecule has 1 aromatic carbocycles. The van der Waals surface area contributed by atoms with Crippen molar-refractivity contribution in [3.63, 3.8) is 0 Å². The Hall–Kier alpha value is -2.70. The molecular formula is C22H29N3O4. The second-order valence-electron chi connectivity index (χ2n) is 7.89. The minimum Gasteiger partial charge on any atom is -0.354 e. The molecule has 7 heteroatoms. The molecule has 1 atom stereocenters. The molecule has 1 saturated carbocycles. The average Bonchev–Trinajstić information content (AvgIpc) is 3.00. The number of nitrogens with zero attached hydrogens (tertiary/aromatic N) is 1. The fraction of sp³-hybridized carbons (Fsp3) is 0.545. The molecular weight excluding hydrogens is 370 g/mol. The lowest BCUT2D eigenvalue weighted by atomic mass is 9.86. The van der Waals surface area contributed by atoms with Crippen LogP contribution in [0.15, 0.2) is 24.3 Å². The molecule has 0 bridgehead atoms. The molecule has 4 amide bonds. The van der Waals surface area contributed by atoms with Gasteiger partial charge in [-0.05, 0) is 31.4 Å². The molecule has 1 aliphatic carbocycles. The predicted molar refractivity (Wildman–Crippen MR) is 108 cm³/mol. The van der Waals surface area contributed by atoms with E-state index in [1.54, 1.807) is 24.3 Å². The summed E-state index contributed by atoms with van der Waals surface area (Å²) in [5.74, 6) is -0.669. The molecule has 0 spiro atoms. The normalized spacial score (nSPS) is 17.8. The van der Waals surface area contributed by atoms with Gasteiger partial charge >= 0.3 is 0 Å². The van der Waals surface area contributed by atoms with Gasteiger partial charge in [0.1, 0.15) is 6.04 Å². The zero-order chi connectivity index (χ0) is 20.8. The van der Waals surface area contributed by atoms with Crippen molar-refractivity contribution < 1.29 is 19.2 Å². The van der Waals surface area contributed by atoms with E-state index in [9.17, 15) is 19.2 Å². The standard InChI is InChI=1S/C22H29N3O4/c1-15(25-21(28)17-9-5-6-10-18(17)22(25)29)20(27)24-14-13-23-19(26)12-11-16-7-3-2-4-8-16/h5-6,9-10,15-16H,2-4,7-8,11-14H2,1H3,(H,23,26)(H,24,27). The highest BCUT2D eigenvalue weighted by Gasteiger charge is 2.40. The minimum absolute atomic E-state index is 0.00165. The molecule has 0 aromatic heterocycles. The fourth-order valence-electron chi connectivity index (χ4n) is 4.11. The van der Waals surface area contributed by atoms with Crippen molar-refractivity contribution in [3.05, 3.63) is 35.4 Å². The lowest BCUT2D eigenvalue weighted by Gasteiger charge is -2.22. The summed E-state index contributed by atoms with van der Waals surface area (Å²) in [6, 6.07) is 5.64. The number of rotatable bonds is 8. The summed E-state index contributed by atoms with van der Waals surface area (Å²) in [5, 5.41) is 5.50. The molecule has 1 unspecified atom stereocenters. The van der Waals surface area contributed by atoms with Crippen LogP contribution in [0.3, 0.4) is 0 Å². The van der Waals surface area contributed by atoms with Crippen LogP contribution in [0.2, 0.25) is 0 Å². The van der Waals surface area contributed by atoms with E-state index in [1.807, 2.05) is 0 Å². The number of carbonyl (C=O) groups is 4. The quantitative estimate of drug-likeness (QED) is 0.518. The number of benzene rings is 1. The summed E-state index contributed by atoms with van der Waals surface area (Å²) in [6.45, 7) is 2.10. The third-order valence-electron chi connectivity index (χ3n) is 5.84. The number of carbonyl (C=O) groups excluding carboxylic acids is 4. The highest BCUT2D eigenvalue weighted by atomic mass is 16.2. The first-order valence-electron chi connectivity index (χ1n) is 10.5. The monoisotopic (exact) mass is 399 g/mol. The number of nitrogens with one attached hydrogen (secondary N) is 2. The first-order valence-corrected chi connectivity index (χ1v) is 10.5. The Bertz CT molecular complexity index is 751. The first kappa shape index (κ1) is 21.0. The number of hydrogen-bond acceptors (Lipinski definition) is 4. The van der Waals surface area contributed by atoms with E-state index < -0.39 is 23.8 Å². The summed E-state index contributed by atoms with van der Waals surface area (Å²) in [4.78, 5) is 50.2. The van der Waals surface area contributed by atoms with Crippen molar-refractivity contribution >= 4 is 23.6 Å². The highest BCUT2D eigenvalue weighted by molar-refractivity contribution is 6.22. The fourth-order valence-corrected chi connectivity index (χ4v) is 4.11. The number of hydrogen-bond donors (Lipinski definition) is 2. The van der Waals surface area contributed by atoms with Gasteiger partial charge in [0.25, 0.3) is 11.8 Å². The Morgan fingerprint density at radius 2 is 1.59 bits per heavy atom. The molecule has 7 nitrogen and oxygen atoms in total. The topological polar surface area (TPSA) is 95.6 Å². The summed E-state index contributed by atoms with van der Waals surface area (Å²) in [6.07, 6.45) is 7.73. The van der Waals surface area contributed by atoms with Crippen LogP contribution in [0.4, 0.5) is 0 Å². The van der Waals surface area contributed by atoms with Crippen LogP contribution < -0.4 is 10.6 Å². The predicted octanol–water partition coefficient (Wildman–Crippen LogP) is 2.26. The lowest BCUT2D eigenvalue weighted by Crippen LogP contribution is -2.49. The minimum atomic E-state index is -0.913. The van der Waals surface area contributed by atoms with Crippen LogP contribution in [0, 0.1) is 5.92 Å². The lowest BCUT2D eigenvalue weighted by molar-refractivity contribution is -0.125. The third kappa shape index (κ3) is 5.02. The van der Waals surface area contributed by atoms with Crippen molar-refractivity contribution in [1.29, 1.82) is 0 Å². The Morgan fingerprint density at radius 3 is 2.21 bits per heavy atom. The van der Waals surface area contributed by atoms with Gasteiger partial charge in [-0.1, -0.05) is 44.2 Å². The number of amides is 4. The Balaban J connectivity index is 1.38. The van der Waals surface area contributed by atoms with Gasteiger partial charge in [-0.15, -0.1) is 0 Å². The van der Waals surface area contributed by atoms with Gasteiger partial charge in [0.15, 0.2) is 0 Å². The van der Waals surface area contributed by atoms with E-state index in [1.165, 1.54) is 39.0 Å². The highest BCUT2D eigenvalue weighted by Crippen LogP contribution is 2.27.